The zero-order valence-corrected chi connectivity index (χ0v) is 9.31. The minimum atomic E-state index is -0.0551. The Bertz CT molecular complexity index is 505. The van der Waals surface area contributed by atoms with Crippen molar-refractivity contribution in [1.82, 2.24) is 4.90 Å². The number of carbonyl (C=O) groups is 1. The number of para-hydroxylation sites is 1. The Labute approximate surface area is 94.0 Å². The van der Waals surface area contributed by atoms with Crippen LogP contribution in [0.1, 0.15) is 5.76 Å². The number of amides is 1. The second-order valence-electron chi connectivity index (χ2n) is 3.75. The van der Waals surface area contributed by atoms with Gasteiger partial charge in [0.2, 0.25) is 5.91 Å². The minimum absolute atomic E-state index is 0.0551. The second-order valence-corrected chi connectivity index (χ2v) is 3.75. The van der Waals surface area contributed by atoms with Gasteiger partial charge in [0.05, 0.1) is 0 Å². The van der Waals surface area contributed by atoms with E-state index in [4.69, 9.17) is 4.42 Å². The van der Waals surface area contributed by atoms with Gasteiger partial charge in [-0.1, -0.05) is 18.2 Å². The number of hydrogen-bond donors (Lipinski definition) is 0. The number of likely N-dealkylation sites (N-methyl/N-ethyl adjacent to an activating group) is 1. The van der Waals surface area contributed by atoms with Crippen LogP contribution in [0.4, 0.5) is 0 Å². The fourth-order valence-electron chi connectivity index (χ4n) is 1.39. The van der Waals surface area contributed by atoms with Crippen LogP contribution in [0.3, 0.4) is 0 Å². The molecule has 1 aromatic heterocycles. The lowest BCUT2D eigenvalue weighted by Gasteiger charge is -2.04. The maximum absolute atomic E-state index is 11.3. The number of rotatable bonds is 2. The molecule has 0 fully saturated rings. The van der Waals surface area contributed by atoms with Crippen LogP contribution < -0.4 is 0 Å². The molecule has 0 atom stereocenters. The molecule has 0 aliphatic carbocycles. The molecule has 3 nitrogen and oxygen atoms in total. The molecule has 0 N–H and O–H groups in total. The highest BCUT2D eigenvalue weighted by molar-refractivity contribution is 5.91. The summed E-state index contributed by atoms with van der Waals surface area (Å²) in [5, 5.41) is 1.04. The smallest absolute Gasteiger partial charge is 0.246 e. The van der Waals surface area contributed by atoms with Crippen molar-refractivity contribution < 1.29 is 9.21 Å². The summed E-state index contributed by atoms with van der Waals surface area (Å²) in [6.45, 7) is 0. The number of furan rings is 1. The van der Waals surface area contributed by atoms with Crippen molar-refractivity contribution in [2.24, 2.45) is 0 Å². The predicted octanol–water partition coefficient (Wildman–Crippen LogP) is 2.53. The van der Waals surface area contributed by atoms with Gasteiger partial charge in [0.15, 0.2) is 0 Å². The highest BCUT2D eigenvalue weighted by Gasteiger charge is 2.01. The zero-order valence-electron chi connectivity index (χ0n) is 9.31. The molecule has 2 rings (SSSR count). The summed E-state index contributed by atoms with van der Waals surface area (Å²) in [6.07, 6.45) is 3.18. The van der Waals surface area contributed by atoms with E-state index in [1.807, 2.05) is 30.3 Å². The Morgan fingerprint density at radius 3 is 2.75 bits per heavy atom. The molecule has 2 aromatic rings. The molecule has 1 aromatic carbocycles. The summed E-state index contributed by atoms with van der Waals surface area (Å²) in [4.78, 5) is 12.8. The van der Waals surface area contributed by atoms with Crippen LogP contribution in [0.2, 0.25) is 0 Å². The topological polar surface area (TPSA) is 33.5 Å². The Morgan fingerprint density at radius 2 is 2.06 bits per heavy atom. The third kappa shape index (κ3) is 2.14. The Balaban J connectivity index is 2.25. The molecule has 1 heterocycles. The van der Waals surface area contributed by atoms with Crippen LogP contribution in [-0.2, 0) is 4.79 Å². The largest absolute Gasteiger partial charge is 0.457 e. The van der Waals surface area contributed by atoms with Crippen molar-refractivity contribution in [3.8, 4) is 0 Å². The van der Waals surface area contributed by atoms with E-state index in [1.165, 1.54) is 11.0 Å². The van der Waals surface area contributed by atoms with E-state index in [1.54, 1.807) is 20.2 Å². The van der Waals surface area contributed by atoms with Crippen LogP contribution in [0, 0.1) is 0 Å². The summed E-state index contributed by atoms with van der Waals surface area (Å²) < 4.78 is 5.54. The molecule has 0 radical (unpaired) electrons. The van der Waals surface area contributed by atoms with Gasteiger partial charge in [0.1, 0.15) is 11.3 Å². The molecule has 0 aliphatic rings. The molecule has 0 bridgehead atoms. The number of benzene rings is 1. The van der Waals surface area contributed by atoms with Crippen LogP contribution in [0.5, 0.6) is 0 Å². The van der Waals surface area contributed by atoms with Crippen LogP contribution in [0.15, 0.2) is 40.8 Å². The SMILES string of the molecule is CN(C)C(=O)/C=C/c1cc2ccccc2o1. The second kappa shape index (κ2) is 4.23. The Morgan fingerprint density at radius 1 is 1.31 bits per heavy atom. The van der Waals surface area contributed by atoms with Crippen LogP contribution in [-0.4, -0.2) is 24.9 Å². The number of hydrogen-bond acceptors (Lipinski definition) is 2. The third-order valence-electron chi connectivity index (χ3n) is 2.28. The first-order valence-electron chi connectivity index (χ1n) is 5.05. The molecule has 0 unspecified atom stereocenters. The van der Waals surface area contributed by atoms with Gasteiger partial charge in [-0.25, -0.2) is 0 Å². The van der Waals surface area contributed by atoms with Crippen molar-refractivity contribution in [2.75, 3.05) is 14.1 Å². The molecule has 3 heteroatoms. The molecular weight excluding hydrogens is 202 g/mol. The van der Waals surface area contributed by atoms with Gasteiger partial charge in [0, 0.05) is 25.6 Å². The fraction of sp³-hybridized carbons (Fsp3) is 0.154. The van der Waals surface area contributed by atoms with Gasteiger partial charge in [-0.2, -0.15) is 0 Å². The monoisotopic (exact) mass is 215 g/mol. The normalized spacial score (nSPS) is 11.1. The Hall–Kier alpha value is -2.03. The molecule has 0 aliphatic heterocycles. The lowest BCUT2D eigenvalue weighted by molar-refractivity contribution is -0.123. The molecular formula is C13H13NO2. The standard InChI is InChI=1S/C13H13NO2/c1-14(2)13(15)8-7-11-9-10-5-3-4-6-12(10)16-11/h3-9H,1-2H3/b8-7+. The van der Waals surface area contributed by atoms with E-state index in [0.29, 0.717) is 5.76 Å². The molecule has 0 spiro atoms. The maximum atomic E-state index is 11.3. The first-order chi connectivity index (χ1) is 7.66. The first-order valence-corrected chi connectivity index (χ1v) is 5.05. The van der Waals surface area contributed by atoms with Crippen molar-refractivity contribution >= 4 is 23.0 Å². The van der Waals surface area contributed by atoms with Gasteiger partial charge < -0.3 is 9.32 Å². The quantitative estimate of drug-likeness (QED) is 0.721. The highest BCUT2D eigenvalue weighted by atomic mass is 16.3. The summed E-state index contributed by atoms with van der Waals surface area (Å²) in [6, 6.07) is 9.67. The number of carbonyl (C=O) groups excluding carboxylic acids is 1. The van der Waals surface area contributed by atoms with Crippen molar-refractivity contribution in [2.45, 2.75) is 0 Å². The summed E-state index contributed by atoms with van der Waals surface area (Å²) in [7, 11) is 3.43. The number of nitrogens with zero attached hydrogens (tertiary/aromatic N) is 1. The Kier molecular flexibility index (Phi) is 2.77. The zero-order chi connectivity index (χ0) is 11.5. The lowest BCUT2D eigenvalue weighted by atomic mass is 10.2. The predicted molar refractivity (Wildman–Crippen MR) is 63.9 cm³/mol. The van der Waals surface area contributed by atoms with Gasteiger partial charge in [-0.05, 0) is 18.2 Å². The third-order valence-corrected chi connectivity index (χ3v) is 2.28. The molecule has 82 valence electrons. The highest BCUT2D eigenvalue weighted by Crippen LogP contribution is 2.19. The lowest BCUT2D eigenvalue weighted by Crippen LogP contribution is -2.18. The fourth-order valence-corrected chi connectivity index (χ4v) is 1.39. The molecule has 0 saturated carbocycles. The molecule has 1 amide bonds. The van der Waals surface area contributed by atoms with Gasteiger partial charge >= 0.3 is 0 Å². The average molecular weight is 215 g/mol. The van der Waals surface area contributed by atoms with E-state index in [2.05, 4.69) is 0 Å². The van der Waals surface area contributed by atoms with Crippen molar-refractivity contribution in [3.05, 3.63) is 42.2 Å². The van der Waals surface area contributed by atoms with Gasteiger partial charge in [-0.3, -0.25) is 4.79 Å². The summed E-state index contributed by atoms with van der Waals surface area (Å²) >= 11 is 0. The summed E-state index contributed by atoms with van der Waals surface area (Å²) in [5.41, 5.74) is 0.833. The van der Waals surface area contributed by atoms with Crippen LogP contribution in [0.25, 0.3) is 17.0 Å². The molecule has 16 heavy (non-hydrogen) atoms. The number of fused-ring (bicyclic) bond motifs is 1. The van der Waals surface area contributed by atoms with E-state index in [9.17, 15) is 4.79 Å². The van der Waals surface area contributed by atoms with Crippen molar-refractivity contribution in [3.63, 3.8) is 0 Å². The van der Waals surface area contributed by atoms with E-state index < -0.39 is 0 Å². The van der Waals surface area contributed by atoms with Crippen molar-refractivity contribution in [1.29, 1.82) is 0 Å². The first kappa shape index (κ1) is 10.5. The van der Waals surface area contributed by atoms with E-state index in [-0.39, 0.29) is 5.91 Å². The van der Waals surface area contributed by atoms with E-state index in [0.717, 1.165) is 11.0 Å². The van der Waals surface area contributed by atoms with E-state index >= 15 is 0 Å². The average Bonchev–Trinajstić information content (AvgIpc) is 2.68. The minimum Gasteiger partial charge on any atom is -0.457 e. The summed E-state index contributed by atoms with van der Waals surface area (Å²) in [5.74, 6) is 0.636. The van der Waals surface area contributed by atoms with Crippen LogP contribution >= 0.6 is 0 Å². The van der Waals surface area contributed by atoms with Gasteiger partial charge in [-0.15, -0.1) is 0 Å². The maximum Gasteiger partial charge on any atom is 0.246 e. The molecule has 0 saturated heterocycles. The van der Waals surface area contributed by atoms with Gasteiger partial charge in [0.25, 0.3) is 0 Å².